The van der Waals surface area contributed by atoms with Gasteiger partial charge in [-0.1, -0.05) is 13.8 Å². The van der Waals surface area contributed by atoms with E-state index in [0.29, 0.717) is 6.04 Å². The Labute approximate surface area is 112 Å². The van der Waals surface area contributed by atoms with Crippen LogP contribution in [0.2, 0.25) is 0 Å². The van der Waals surface area contributed by atoms with E-state index in [0.717, 1.165) is 17.9 Å². The van der Waals surface area contributed by atoms with Crippen LogP contribution in [0.4, 0.5) is 0 Å². The molecule has 1 N–H and O–H groups in total. The van der Waals surface area contributed by atoms with Crippen LogP contribution in [-0.4, -0.2) is 61.2 Å². The van der Waals surface area contributed by atoms with E-state index in [4.69, 9.17) is 0 Å². The minimum absolute atomic E-state index is 0.697. The van der Waals surface area contributed by atoms with Crippen LogP contribution >= 0.6 is 0 Å². The molecule has 4 heterocycles. The summed E-state index contributed by atoms with van der Waals surface area (Å²) in [5.74, 6) is 1.74. The summed E-state index contributed by atoms with van der Waals surface area (Å²) < 4.78 is 0. The van der Waals surface area contributed by atoms with Crippen LogP contribution < -0.4 is 5.32 Å². The average molecular weight is 251 g/mol. The maximum atomic E-state index is 3.74. The molecule has 2 unspecified atom stereocenters. The summed E-state index contributed by atoms with van der Waals surface area (Å²) in [6.07, 6.45) is 4.22. The molecule has 4 rings (SSSR count). The summed E-state index contributed by atoms with van der Waals surface area (Å²) in [5, 5.41) is 3.74. The lowest BCUT2D eigenvalue weighted by Gasteiger charge is -2.49. The minimum atomic E-state index is 0.697. The number of piperidine rings is 3. The Bertz CT molecular complexity index is 271. The SMILES string of the molecule is CC(C)C1CN(C2CN3CCC2CC3)CCCN1. The minimum Gasteiger partial charge on any atom is -0.312 e. The molecule has 4 fully saturated rings. The number of nitrogens with zero attached hydrogens (tertiary/aromatic N) is 2. The van der Waals surface area contributed by atoms with Crippen molar-refractivity contribution in [2.75, 3.05) is 39.3 Å². The van der Waals surface area contributed by atoms with Crippen molar-refractivity contribution in [2.45, 2.75) is 45.2 Å². The summed E-state index contributed by atoms with van der Waals surface area (Å²) in [5.41, 5.74) is 0. The molecule has 0 aliphatic carbocycles. The highest BCUT2D eigenvalue weighted by atomic mass is 15.3. The van der Waals surface area contributed by atoms with Gasteiger partial charge in [0.1, 0.15) is 0 Å². The Kier molecular flexibility index (Phi) is 3.92. The van der Waals surface area contributed by atoms with Gasteiger partial charge in [-0.15, -0.1) is 0 Å². The van der Waals surface area contributed by atoms with Gasteiger partial charge in [-0.2, -0.15) is 0 Å². The maximum Gasteiger partial charge on any atom is 0.0253 e. The normalized spacial score (nSPS) is 42.2. The Balaban J connectivity index is 1.66. The molecule has 4 aliphatic heterocycles. The first-order valence-corrected chi connectivity index (χ1v) is 7.94. The van der Waals surface area contributed by atoms with Crippen LogP contribution in [0.5, 0.6) is 0 Å². The molecule has 18 heavy (non-hydrogen) atoms. The predicted octanol–water partition coefficient (Wildman–Crippen LogP) is 1.40. The van der Waals surface area contributed by atoms with E-state index in [9.17, 15) is 0 Å². The second-order valence-corrected chi connectivity index (χ2v) is 6.86. The standard InChI is InChI=1S/C15H29N3/c1-12(2)14-10-18(7-3-6-16-14)15-11-17-8-4-13(15)5-9-17/h12-16H,3-11H2,1-2H3. The summed E-state index contributed by atoms with van der Waals surface area (Å²) >= 11 is 0. The topological polar surface area (TPSA) is 18.5 Å². The monoisotopic (exact) mass is 251 g/mol. The van der Waals surface area contributed by atoms with Crippen LogP contribution in [0, 0.1) is 11.8 Å². The van der Waals surface area contributed by atoms with Crippen LogP contribution in [0.3, 0.4) is 0 Å². The van der Waals surface area contributed by atoms with E-state index in [2.05, 4.69) is 29.0 Å². The van der Waals surface area contributed by atoms with Gasteiger partial charge in [0, 0.05) is 25.2 Å². The van der Waals surface area contributed by atoms with Gasteiger partial charge in [-0.05, 0) is 57.3 Å². The zero-order valence-electron chi connectivity index (χ0n) is 12.1. The lowest BCUT2D eigenvalue weighted by atomic mass is 9.82. The zero-order chi connectivity index (χ0) is 12.5. The Morgan fingerprint density at radius 3 is 2.44 bits per heavy atom. The smallest absolute Gasteiger partial charge is 0.0253 e. The number of rotatable bonds is 2. The van der Waals surface area contributed by atoms with Gasteiger partial charge in [0.05, 0.1) is 0 Å². The quantitative estimate of drug-likeness (QED) is 0.800. The molecule has 0 spiro atoms. The molecule has 3 heteroatoms. The molecule has 104 valence electrons. The predicted molar refractivity (Wildman–Crippen MR) is 75.8 cm³/mol. The fourth-order valence-corrected chi connectivity index (χ4v) is 4.07. The van der Waals surface area contributed by atoms with Crippen LogP contribution in [0.25, 0.3) is 0 Å². The first-order chi connectivity index (χ1) is 8.74. The van der Waals surface area contributed by atoms with Gasteiger partial charge < -0.3 is 10.2 Å². The fraction of sp³-hybridized carbons (Fsp3) is 1.00. The number of nitrogens with one attached hydrogen (secondary N) is 1. The highest BCUT2D eigenvalue weighted by Crippen LogP contribution is 2.31. The Morgan fingerprint density at radius 1 is 1.06 bits per heavy atom. The van der Waals surface area contributed by atoms with Gasteiger partial charge in [0.2, 0.25) is 0 Å². The van der Waals surface area contributed by atoms with E-state index in [1.807, 2.05) is 0 Å². The van der Waals surface area contributed by atoms with Crippen LogP contribution in [0.1, 0.15) is 33.1 Å². The van der Waals surface area contributed by atoms with Gasteiger partial charge in [-0.25, -0.2) is 0 Å². The van der Waals surface area contributed by atoms with Crippen molar-refractivity contribution in [3.8, 4) is 0 Å². The second-order valence-electron chi connectivity index (χ2n) is 6.86. The van der Waals surface area contributed by atoms with Gasteiger partial charge >= 0.3 is 0 Å². The van der Waals surface area contributed by atoms with Crippen molar-refractivity contribution in [3.63, 3.8) is 0 Å². The van der Waals surface area contributed by atoms with Gasteiger partial charge in [-0.3, -0.25) is 4.90 Å². The van der Waals surface area contributed by atoms with Crippen LogP contribution in [0.15, 0.2) is 0 Å². The van der Waals surface area contributed by atoms with E-state index < -0.39 is 0 Å². The van der Waals surface area contributed by atoms with Gasteiger partial charge in [0.15, 0.2) is 0 Å². The van der Waals surface area contributed by atoms with E-state index in [1.165, 1.54) is 58.5 Å². The third-order valence-electron chi connectivity index (χ3n) is 5.36. The number of hydrogen-bond donors (Lipinski definition) is 1. The Hall–Kier alpha value is -0.120. The molecule has 3 nitrogen and oxygen atoms in total. The molecule has 2 bridgehead atoms. The summed E-state index contributed by atoms with van der Waals surface area (Å²) in [4.78, 5) is 5.51. The third kappa shape index (κ3) is 2.59. The molecular formula is C15H29N3. The average Bonchev–Trinajstić information content (AvgIpc) is 2.66. The fourth-order valence-electron chi connectivity index (χ4n) is 4.07. The van der Waals surface area contributed by atoms with Crippen molar-refractivity contribution >= 4 is 0 Å². The van der Waals surface area contributed by atoms with E-state index in [1.54, 1.807) is 0 Å². The van der Waals surface area contributed by atoms with Gasteiger partial charge in [0.25, 0.3) is 0 Å². The maximum absolute atomic E-state index is 3.74. The van der Waals surface area contributed by atoms with E-state index >= 15 is 0 Å². The largest absolute Gasteiger partial charge is 0.312 e. The van der Waals surface area contributed by atoms with E-state index in [-0.39, 0.29) is 0 Å². The lowest BCUT2D eigenvalue weighted by molar-refractivity contribution is 0.00311. The highest BCUT2D eigenvalue weighted by Gasteiger charge is 2.38. The molecular weight excluding hydrogens is 222 g/mol. The second kappa shape index (κ2) is 5.48. The molecule has 0 saturated carbocycles. The molecule has 0 amide bonds. The molecule has 0 aromatic carbocycles. The van der Waals surface area contributed by atoms with Crippen molar-refractivity contribution in [2.24, 2.45) is 11.8 Å². The number of fused-ring (bicyclic) bond motifs is 3. The molecule has 0 aromatic rings. The summed E-state index contributed by atoms with van der Waals surface area (Å²) in [6.45, 7) is 12.6. The third-order valence-corrected chi connectivity index (χ3v) is 5.36. The van der Waals surface area contributed by atoms with Crippen molar-refractivity contribution in [1.29, 1.82) is 0 Å². The molecule has 4 saturated heterocycles. The van der Waals surface area contributed by atoms with Crippen molar-refractivity contribution < 1.29 is 0 Å². The van der Waals surface area contributed by atoms with Crippen molar-refractivity contribution in [1.82, 2.24) is 15.1 Å². The highest BCUT2D eigenvalue weighted by molar-refractivity contribution is 4.94. The van der Waals surface area contributed by atoms with Crippen LogP contribution in [-0.2, 0) is 0 Å². The summed E-state index contributed by atoms with van der Waals surface area (Å²) in [7, 11) is 0. The lowest BCUT2D eigenvalue weighted by Crippen LogP contribution is -2.58. The molecule has 4 aliphatic rings. The zero-order valence-corrected chi connectivity index (χ0v) is 12.1. The molecule has 2 atom stereocenters. The first-order valence-electron chi connectivity index (χ1n) is 7.94. The Morgan fingerprint density at radius 2 is 1.83 bits per heavy atom. The first kappa shape index (κ1) is 12.9. The molecule has 0 aromatic heterocycles. The summed E-state index contributed by atoms with van der Waals surface area (Å²) in [6, 6.07) is 1.55. The molecule has 0 radical (unpaired) electrons. The van der Waals surface area contributed by atoms with Crippen molar-refractivity contribution in [3.05, 3.63) is 0 Å². The number of hydrogen-bond acceptors (Lipinski definition) is 3.